The molecule has 1 fully saturated rings. The molecule has 1 aliphatic heterocycles. The molecule has 22 heavy (non-hydrogen) atoms. The third kappa shape index (κ3) is 4.22. The van der Waals surface area contributed by atoms with Gasteiger partial charge in [0.2, 0.25) is 5.91 Å². The molecule has 0 unspecified atom stereocenters. The van der Waals surface area contributed by atoms with E-state index in [0.717, 1.165) is 18.9 Å². The van der Waals surface area contributed by atoms with Gasteiger partial charge in [-0.05, 0) is 31.5 Å². The SMILES string of the molecule is CC(=O)N1CCC(N(C)Cc2cccc(C(F)(F)F)c2)CC1. The normalized spacial score (nSPS) is 17.1. The first kappa shape index (κ1) is 16.8. The highest BCUT2D eigenvalue weighted by Crippen LogP contribution is 2.30. The van der Waals surface area contributed by atoms with Gasteiger partial charge >= 0.3 is 6.18 Å². The summed E-state index contributed by atoms with van der Waals surface area (Å²) in [6, 6.07) is 5.77. The molecule has 1 aromatic carbocycles. The first-order chi connectivity index (χ1) is 10.3. The van der Waals surface area contributed by atoms with Crippen LogP contribution >= 0.6 is 0 Å². The molecule has 0 aliphatic carbocycles. The summed E-state index contributed by atoms with van der Waals surface area (Å²) < 4.78 is 38.2. The van der Waals surface area contributed by atoms with Crippen molar-refractivity contribution in [3.63, 3.8) is 0 Å². The van der Waals surface area contributed by atoms with Gasteiger partial charge in [0.15, 0.2) is 0 Å². The summed E-state index contributed by atoms with van der Waals surface area (Å²) in [7, 11) is 1.92. The molecular weight excluding hydrogens is 293 g/mol. The summed E-state index contributed by atoms with van der Waals surface area (Å²) in [6.45, 7) is 3.47. The maximum absolute atomic E-state index is 12.7. The van der Waals surface area contributed by atoms with E-state index < -0.39 is 11.7 Å². The Morgan fingerprint density at radius 1 is 1.32 bits per heavy atom. The summed E-state index contributed by atoms with van der Waals surface area (Å²) in [5.74, 6) is 0.0824. The predicted molar refractivity (Wildman–Crippen MR) is 78.2 cm³/mol. The first-order valence-electron chi connectivity index (χ1n) is 7.39. The molecule has 1 amide bonds. The van der Waals surface area contributed by atoms with Crippen molar-refractivity contribution in [1.29, 1.82) is 0 Å². The Morgan fingerprint density at radius 2 is 1.95 bits per heavy atom. The number of hydrogen-bond donors (Lipinski definition) is 0. The summed E-state index contributed by atoms with van der Waals surface area (Å²) in [5.41, 5.74) is 0.0520. The highest BCUT2D eigenvalue weighted by Gasteiger charge is 2.30. The quantitative estimate of drug-likeness (QED) is 0.856. The summed E-state index contributed by atoms with van der Waals surface area (Å²) >= 11 is 0. The molecule has 2 rings (SSSR count). The van der Waals surface area contributed by atoms with E-state index >= 15 is 0 Å². The van der Waals surface area contributed by atoms with E-state index in [2.05, 4.69) is 4.90 Å². The Bertz CT molecular complexity index is 522. The van der Waals surface area contributed by atoms with Crippen LogP contribution in [0.4, 0.5) is 13.2 Å². The van der Waals surface area contributed by atoms with Gasteiger partial charge in [-0.1, -0.05) is 18.2 Å². The van der Waals surface area contributed by atoms with E-state index in [1.54, 1.807) is 13.0 Å². The van der Waals surface area contributed by atoms with E-state index in [9.17, 15) is 18.0 Å². The number of hydrogen-bond acceptors (Lipinski definition) is 2. The molecule has 0 radical (unpaired) electrons. The predicted octanol–water partition coefficient (Wildman–Crippen LogP) is 3.15. The molecule has 0 spiro atoms. The van der Waals surface area contributed by atoms with Crippen LogP contribution in [0.25, 0.3) is 0 Å². The standard InChI is InChI=1S/C16H21F3N2O/c1-12(22)21-8-6-15(7-9-21)20(2)11-13-4-3-5-14(10-13)16(17,18)19/h3-5,10,15H,6-9,11H2,1-2H3. The number of likely N-dealkylation sites (tertiary alicyclic amines) is 1. The van der Waals surface area contributed by atoms with Gasteiger partial charge < -0.3 is 4.90 Å². The lowest BCUT2D eigenvalue weighted by Gasteiger charge is -2.36. The molecule has 0 bridgehead atoms. The third-order valence-electron chi connectivity index (χ3n) is 4.22. The largest absolute Gasteiger partial charge is 0.416 e. The number of alkyl halides is 3. The Morgan fingerprint density at radius 3 is 2.50 bits per heavy atom. The van der Waals surface area contributed by atoms with E-state index in [1.165, 1.54) is 12.1 Å². The van der Waals surface area contributed by atoms with Crippen LogP contribution in [0.1, 0.15) is 30.9 Å². The van der Waals surface area contributed by atoms with Crippen molar-refractivity contribution < 1.29 is 18.0 Å². The van der Waals surface area contributed by atoms with Crippen LogP contribution in [0.3, 0.4) is 0 Å². The van der Waals surface area contributed by atoms with E-state index in [4.69, 9.17) is 0 Å². The van der Waals surface area contributed by atoms with Crippen molar-refractivity contribution in [1.82, 2.24) is 9.80 Å². The lowest BCUT2D eigenvalue weighted by atomic mass is 10.0. The van der Waals surface area contributed by atoms with E-state index in [1.807, 2.05) is 11.9 Å². The average Bonchev–Trinajstić information content (AvgIpc) is 2.46. The molecule has 0 aromatic heterocycles. The molecule has 0 N–H and O–H groups in total. The minimum absolute atomic E-state index is 0.0824. The second-order valence-electron chi connectivity index (χ2n) is 5.85. The Hall–Kier alpha value is -1.56. The summed E-state index contributed by atoms with van der Waals surface area (Å²) in [6.07, 6.45) is -2.59. The van der Waals surface area contributed by atoms with Gasteiger partial charge in [-0.25, -0.2) is 0 Å². The zero-order valence-corrected chi connectivity index (χ0v) is 12.9. The molecule has 3 nitrogen and oxygen atoms in total. The lowest BCUT2D eigenvalue weighted by molar-refractivity contribution is -0.137. The van der Waals surface area contributed by atoms with Crippen molar-refractivity contribution in [3.8, 4) is 0 Å². The number of carbonyl (C=O) groups is 1. The zero-order valence-electron chi connectivity index (χ0n) is 12.9. The second kappa shape index (κ2) is 6.69. The summed E-state index contributed by atoms with van der Waals surface area (Å²) in [4.78, 5) is 15.2. The minimum Gasteiger partial charge on any atom is -0.343 e. The number of halogens is 3. The number of carbonyl (C=O) groups excluding carboxylic acids is 1. The zero-order chi connectivity index (χ0) is 16.3. The number of benzene rings is 1. The summed E-state index contributed by atoms with van der Waals surface area (Å²) in [5, 5.41) is 0. The second-order valence-corrected chi connectivity index (χ2v) is 5.85. The maximum atomic E-state index is 12.7. The first-order valence-corrected chi connectivity index (χ1v) is 7.39. The van der Waals surface area contributed by atoms with Crippen molar-refractivity contribution >= 4 is 5.91 Å². The molecule has 0 saturated carbocycles. The maximum Gasteiger partial charge on any atom is 0.416 e. The van der Waals surface area contributed by atoms with E-state index in [-0.39, 0.29) is 5.91 Å². The van der Waals surface area contributed by atoms with Gasteiger partial charge in [0.25, 0.3) is 0 Å². The Labute approximate surface area is 128 Å². The molecular formula is C16H21F3N2O. The Kier molecular flexibility index (Phi) is 5.11. The molecule has 6 heteroatoms. The fourth-order valence-corrected chi connectivity index (χ4v) is 2.88. The molecule has 122 valence electrons. The molecule has 1 aliphatic rings. The molecule has 1 heterocycles. The number of rotatable bonds is 3. The van der Waals surface area contributed by atoms with Crippen molar-refractivity contribution in [2.24, 2.45) is 0 Å². The average molecular weight is 314 g/mol. The number of nitrogens with zero attached hydrogens (tertiary/aromatic N) is 2. The topological polar surface area (TPSA) is 23.6 Å². The van der Waals surface area contributed by atoms with Gasteiger partial charge in [0.1, 0.15) is 0 Å². The van der Waals surface area contributed by atoms with Crippen LogP contribution in [0.5, 0.6) is 0 Å². The molecule has 0 atom stereocenters. The highest BCUT2D eigenvalue weighted by atomic mass is 19.4. The third-order valence-corrected chi connectivity index (χ3v) is 4.22. The van der Waals surface area contributed by atoms with Gasteiger partial charge in [0.05, 0.1) is 5.56 Å². The number of piperidine rings is 1. The fraction of sp³-hybridized carbons (Fsp3) is 0.562. The fourth-order valence-electron chi connectivity index (χ4n) is 2.88. The van der Waals surface area contributed by atoms with Crippen LogP contribution < -0.4 is 0 Å². The van der Waals surface area contributed by atoms with Gasteiger partial charge in [-0.3, -0.25) is 9.69 Å². The lowest BCUT2D eigenvalue weighted by Crippen LogP contribution is -2.44. The van der Waals surface area contributed by atoms with Gasteiger partial charge in [-0.2, -0.15) is 13.2 Å². The van der Waals surface area contributed by atoms with Crippen LogP contribution in [0.2, 0.25) is 0 Å². The van der Waals surface area contributed by atoms with Crippen LogP contribution in [-0.4, -0.2) is 41.9 Å². The van der Waals surface area contributed by atoms with E-state index in [0.29, 0.717) is 31.2 Å². The smallest absolute Gasteiger partial charge is 0.343 e. The van der Waals surface area contributed by atoms with Crippen LogP contribution in [0.15, 0.2) is 24.3 Å². The van der Waals surface area contributed by atoms with Crippen molar-refractivity contribution in [2.45, 2.75) is 38.5 Å². The van der Waals surface area contributed by atoms with Gasteiger partial charge in [0, 0.05) is 32.6 Å². The molecule has 1 saturated heterocycles. The minimum atomic E-state index is -4.30. The number of amides is 1. The van der Waals surface area contributed by atoms with Gasteiger partial charge in [-0.15, -0.1) is 0 Å². The van der Waals surface area contributed by atoms with Crippen molar-refractivity contribution in [2.75, 3.05) is 20.1 Å². The van der Waals surface area contributed by atoms with Crippen LogP contribution in [-0.2, 0) is 17.5 Å². The molecule has 1 aromatic rings. The van der Waals surface area contributed by atoms with Crippen LogP contribution in [0, 0.1) is 0 Å². The Balaban J connectivity index is 1.95. The highest BCUT2D eigenvalue weighted by molar-refractivity contribution is 5.73. The monoisotopic (exact) mass is 314 g/mol. The van der Waals surface area contributed by atoms with Crippen molar-refractivity contribution in [3.05, 3.63) is 35.4 Å².